The van der Waals surface area contributed by atoms with Crippen molar-refractivity contribution in [2.24, 2.45) is 0 Å². The van der Waals surface area contributed by atoms with Gasteiger partial charge in [-0.2, -0.15) is 5.10 Å². The van der Waals surface area contributed by atoms with Crippen molar-refractivity contribution in [3.8, 4) is 11.1 Å². The largest absolute Gasteiger partial charge is 0.465 e. The number of benzene rings is 1. The molecule has 1 saturated heterocycles. The second-order valence-electron chi connectivity index (χ2n) is 5.78. The van der Waals surface area contributed by atoms with Gasteiger partial charge in [0.2, 0.25) is 0 Å². The number of pyridine rings is 1. The zero-order valence-electron chi connectivity index (χ0n) is 13.0. The lowest BCUT2D eigenvalue weighted by Crippen LogP contribution is -2.48. The highest BCUT2D eigenvalue weighted by Crippen LogP contribution is 2.36. The molecule has 3 heterocycles. The van der Waals surface area contributed by atoms with Crippen LogP contribution >= 0.6 is 0 Å². The Kier molecular flexibility index (Phi) is 3.53. The quantitative estimate of drug-likeness (QED) is 0.756. The van der Waals surface area contributed by atoms with Crippen molar-refractivity contribution >= 4 is 22.8 Å². The van der Waals surface area contributed by atoms with Crippen LogP contribution in [0.2, 0.25) is 0 Å². The summed E-state index contributed by atoms with van der Waals surface area (Å²) in [6.45, 7) is 2.28. The maximum Gasteiger partial charge on any atom is 0.407 e. The Morgan fingerprint density at radius 3 is 2.54 bits per heavy atom. The van der Waals surface area contributed by atoms with Gasteiger partial charge >= 0.3 is 6.09 Å². The highest BCUT2D eigenvalue weighted by Gasteiger charge is 2.24. The molecule has 122 valence electrons. The first-order chi connectivity index (χ1) is 11.7. The van der Waals surface area contributed by atoms with Gasteiger partial charge in [-0.05, 0) is 5.56 Å². The third kappa shape index (κ3) is 2.44. The van der Waals surface area contributed by atoms with Crippen LogP contribution in [-0.2, 0) is 0 Å². The molecular formula is C17H17N5O2. The van der Waals surface area contributed by atoms with Crippen LogP contribution < -0.4 is 4.90 Å². The van der Waals surface area contributed by atoms with Crippen molar-refractivity contribution in [2.75, 3.05) is 31.1 Å². The minimum Gasteiger partial charge on any atom is -0.465 e. The van der Waals surface area contributed by atoms with E-state index < -0.39 is 6.09 Å². The fourth-order valence-corrected chi connectivity index (χ4v) is 3.18. The summed E-state index contributed by atoms with van der Waals surface area (Å²) < 4.78 is 0. The van der Waals surface area contributed by atoms with Crippen molar-refractivity contribution in [3.63, 3.8) is 0 Å². The highest BCUT2D eigenvalue weighted by atomic mass is 16.4. The monoisotopic (exact) mass is 323 g/mol. The summed E-state index contributed by atoms with van der Waals surface area (Å²) in [5, 5.41) is 17.1. The number of hydrogen-bond donors (Lipinski definition) is 2. The number of anilines is 1. The Balaban J connectivity index is 1.78. The van der Waals surface area contributed by atoms with Crippen molar-refractivity contribution in [3.05, 3.63) is 42.7 Å². The van der Waals surface area contributed by atoms with Crippen LogP contribution in [0.25, 0.3) is 22.2 Å². The van der Waals surface area contributed by atoms with Gasteiger partial charge in [-0.3, -0.25) is 5.10 Å². The fourth-order valence-electron chi connectivity index (χ4n) is 3.18. The van der Waals surface area contributed by atoms with E-state index in [9.17, 15) is 4.79 Å². The summed E-state index contributed by atoms with van der Waals surface area (Å²) >= 11 is 0. The molecular weight excluding hydrogens is 306 g/mol. The minimum atomic E-state index is -0.860. The standard InChI is InChI=1S/C17H17N5O2/c23-17(24)22-8-6-21(7-9-22)15-13(12-4-2-1-3-5-12)10-18-16-14(15)11-19-20-16/h1-5,10-11H,6-9H2,(H,23,24)(H,18,19,20). The molecule has 4 rings (SSSR count). The van der Waals surface area contributed by atoms with E-state index in [1.165, 1.54) is 4.90 Å². The van der Waals surface area contributed by atoms with Gasteiger partial charge in [0.05, 0.1) is 17.3 Å². The second-order valence-corrected chi connectivity index (χ2v) is 5.78. The summed E-state index contributed by atoms with van der Waals surface area (Å²) in [4.78, 5) is 19.3. The van der Waals surface area contributed by atoms with Crippen molar-refractivity contribution in [2.45, 2.75) is 0 Å². The maximum absolute atomic E-state index is 11.1. The molecule has 1 aliphatic heterocycles. The van der Waals surface area contributed by atoms with Crippen LogP contribution in [-0.4, -0.2) is 57.5 Å². The lowest BCUT2D eigenvalue weighted by molar-refractivity contribution is 0.142. The maximum atomic E-state index is 11.1. The molecule has 1 aromatic carbocycles. The topological polar surface area (TPSA) is 85.4 Å². The van der Waals surface area contributed by atoms with E-state index in [0.29, 0.717) is 26.2 Å². The molecule has 7 nitrogen and oxygen atoms in total. The average molecular weight is 323 g/mol. The van der Waals surface area contributed by atoms with E-state index in [-0.39, 0.29) is 0 Å². The van der Waals surface area contributed by atoms with E-state index in [1.807, 2.05) is 24.4 Å². The van der Waals surface area contributed by atoms with Crippen LogP contribution in [0.4, 0.5) is 10.5 Å². The summed E-state index contributed by atoms with van der Waals surface area (Å²) in [5.41, 5.74) is 3.92. The normalized spacial score (nSPS) is 15.0. The number of carboxylic acid groups (broad SMARTS) is 1. The van der Waals surface area contributed by atoms with Crippen LogP contribution in [0.1, 0.15) is 0 Å². The number of rotatable bonds is 2. The first-order valence-corrected chi connectivity index (χ1v) is 7.84. The summed E-state index contributed by atoms with van der Waals surface area (Å²) in [7, 11) is 0. The molecule has 0 radical (unpaired) electrons. The zero-order chi connectivity index (χ0) is 16.5. The minimum absolute atomic E-state index is 0.491. The van der Waals surface area contributed by atoms with E-state index in [2.05, 4.69) is 32.2 Å². The van der Waals surface area contributed by atoms with Crippen molar-refractivity contribution in [1.29, 1.82) is 0 Å². The number of nitrogens with one attached hydrogen (secondary N) is 1. The Labute approximate surface area is 138 Å². The summed E-state index contributed by atoms with van der Waals surface area (Å²) in [5.74, 6) is 0. The van der Waals surface area contributed by atoms with Crippen LogP contribution in [0.15, 0.2) is 42.7 Å². The Hall–Kier alpha value is -3.09. The van der Waals surface area contributed by atoms with Gasteiger partial charge in [-0.15, -0.1) is 0 Å². The van der Waals surface area contributed by atoms with Crippen molar-refractivity contribution in [1.82, 2.24) is 20.1 Å². The van der Waals surface area contributed by atoms with Gasteiger partial charge in [0.15, 0.2) is 5.65 Å². The van der Waals surface area contributed by atoms with Gasteiger partial charge in [-0.25, -0.2) is 9.78 Å². The smallest absolute Gasteiger partial charge is 0.407 e. The number of aromatic amines is 1. The third-order valence-corrected chi connectivity index (χ3v) is 4.40. The van der Waals surface area contributed by atoms with E-state index in [0.717, 1.165) is 27.8 Å². The van der Waals surface area contributed by atoms with E-state index >= 15 is 0 Å². The average Bonchev–Trinajstić information content (AvgIpc) is 3.10. The Morgan fingerprint density at radius 1 is 1.08 bits per heavy atom. The van der Waals surface area contributed by atoms with Crippen molar-refractivity contribution < 1.29 is 9.90 Å². The lowest BCUT2D eigenvalue weighted by Gasteiger charge is -2.35. The van der Waals surface area contributed by atoms with E-state index in [4.69, 9.17) is 5.11 Å². The first-order valence-electron chi connectivity index (χ1n) is 7.84. The molecule has 0 saturated carbocycles. The molecule has 0 bridgehead atoms. The van der Waals surface area contributed by atoms with Gasteiger partial charge in [0.25, 0.3) is 0 Å². The first kappa shape index (κ1) is 14.5. The second kappa shape index (κ2) is 5.84. The molecule has 3 aromatic rings. The SMILES string of the molecule is O=C(O)N1CCN(c2c(-c3ccccc3)cnc3[nH]ncc23)CC1. The number of fused-ring (bicyclic) bond motifs is 1. The molecule has 0 atom stereocenters. The number of hydrogen-bond acceptors (Lipinski definition) is 4. The number of H-pyrrole nitrogens is 1. The molecule has 7 heteroatoms. The number of nitrogens with zero attached hydrogens (tertiary/aromatic N) is 4. The third-order valence-electron chi connectivity index (χ3n) is 4.40. The van der Waals surface area contributed by atoms with Crippen LogP contribution in [0.3, 0.4) is 0 Å². The van der Waals surface area contributed by atoms with Crippen LogP contribution in [0, 0.1) is 0 Å². The number of aromatic nitrogens is 3. The number of carbonyl (C=O) groups is 1. The summed E-state index contributed by atoms with van der Waals surface area (Å²) in [6.07, 6.45) is 2.78. The summed E-state index contributed by atoms with van der Waals surface area (Å²) in [6, 6.07) is 10.1. The van der Waals surface area contributed by atoms with E-state index in [1.54, 1.807) is 6.20 Å². The molecule has 2 N–H and O–H groups in total. The zero-order valence-corrected chi connectivity index (χ0v) is 13.0. The number of amides is 1. The lowest BCUT2D eigenvalue weighted by atomic mass is 10.0. The van der Waals surface area contributed by atoms with Gasteiger partial charge in [0, 0.05) is 37.9 Å². The molecule has 1 amide bonds. The molecule has 0 unspecified atom stereocenters. The Morgan fingerprint density at radius 2 is 1.83 bits per heavy atom. The predicted octanol–water partition coefficient (Wildman–Crippen LogP) is 2.42. The van der Waals surface area contributed by atoms with Gasteiger partial charge in [-0.1, -0.05) is 30.3 Å². The molecule has 1 aliphatic rings. The molecule has 24 heavy (non-hydrogen) atoms. The fraction of sp³-hybridized carbons (Fsp3) is 0.235. The van der Waals surface area contributed by atoms with Gasteiger partial charge < -0.3 is 14.9 Å². The molecule has 1 fully saturated rings. The molecule has 2 aromatic heterocycles. The molecule has 0 spiro atoms. The highest BCUT2D eigenvalue weighted by molar-refractivity contribution is 5.98. The van der Waals surface area contributed by atoms with Gasteiger partial charge in [0.1, 0.15) is 0 Å². The Bertz CT molecular complexity index is 869. The number of piperazine rings is 1. The molecule has 0 aliphatic carbocycles. The van der Waals surface area contributed by atoms with Crippen LogP contribution in [0.5, 0.6) is 0 Å². The predicted molar refractivity (Wildman–Crippen MR) is 91.1 cm³/mol.